The van der Waals surface area contributed by atoms with E-state index < -0.39 is 0 Å². The van der Waals surface area contributed by atoms with Crippen molar-refractivity contribution in [3.8, 4) is 11.5 Å². The maximum Gasteiger partial charge on any atom is 0.131 e. The number of hydrogen-bond donors (Lipinski definition) is 0. The maximum atomic E-state index is 6.21. The second-order valence-corrected chi connectivity index (χ2v) is 6.65. The number of alkyl halides is 1. The molecule has 0 aliphatic carbocycles. The molecule has 0 N–H and O–H groups in total. The van der Waals surface area contributed by atoms with Crippen LogP contribution in [0.15, 0.2) is 42.5 Å². The molecule has 0 saturated carbocycles. The van der Waals surface area contributed by atoms with Crippen molar-refractivity contribution in [2.75, 3.05) is 0 Å². The zero-order valence-electron chi connectivity index (χ0n) is 12.5. The molecule has 0 heterocycles. The molecule has 2 rings (SSSR count). The molecule has 0 bridgehead atoms. The van der Waals surface area contributed by atoms with Crippen molar-refractivity contribution in [1.82, 2.24) is 0 Å². The van der Waals surface area contributed by atoms with Crippen LogP contribution in [0.5, 0.6) is 11.5 Å². The first-order valence-electron chi connectivity index (χ1n) is 6.84. The predicted molar refractivity (Wildman–Crippen MR) is 89.0 cm³/mol. The first kappa shape index (κ1) is 15.1. The SMILES string of the molecule is Cc1ccc(C(C)(C)C)c(Oc2ccccc2CBr)c1. The average molecular weight is 333 g/mol. The van der Waals surface area contributed by atoms with Gasteiger partial charge >= 0.3 is 0 Å². The maximum absolute atomic E-state index is 6.21. The Balaban J connectivity index is 2.45. The summed E-state index contributed by atoms with van der Waals surface area (Å²) < 4.78 is 6.21. The summed E-state index contributed by atoms with van der Waals surface area (Å²) in [6, 6.07) is 14.6. The lowest BCUT2D eigenvalue weighted by Crippen LogP contribution is -2.12. The summed E-state index contributed by atoms with van der Waals surface area (Å²) in [6.07, 6.45) is 0. The van der Waals surface area contributed by atoms with E-state index in [1.165, 1.54) is 11.1 Å². The van der Waals surface area contributed by atoms with Gasteiger partial charge in [-0.2, -0.15) is 0 Å². The highest BCUT2D eigenvalue weighted by atomic mass is 79.9. The van der Waals surface area contributed by atoms with Crippen molar-refractivity contribution in [3.63, 3.8) is 0 Å². The Bertz CT molecular complexity index is 597. The molecule has 0 saturated heterocycles. The third-order valence-electron chi connectivity index (χ3n) is 3.28. The van der Waals surface area contributed by atoms with Gasteiger partial charge in [0, 0.05) is 16.5 Å². The second kappa shape index (κ2) is 6.01. The molecule has 0 atom stereocenters. The molecule has 20 heavy (non-hydrogen) atoms. The van der Waals surface area contributed by atoms with Crippen LogP contribution in [0.1, 0.15) is 37.5 Å². The normalized spacial score (nSPS) is 11.4. The van der Waals surface area contributed by atoms with Crippen molar-refractivity contribution < 1.29 is 4.74 Å². The van der Waals surface area contributed by atoms with Crippen LogP contribution in [-0.2, 0) is 10.7 Å². The number of hydrogen-bond acceptors (Lipinski definition) is 1. The molecule has 1 nitrogen and oxygen atoms in total. The molecule has 0 spiro atoms. The summed E-state index contributed by atoms with van der Waals surface area (Å²) in [5.74, 6) is 1.87. The lowest BCUT2D eigenvalue weighted by Gasteiger charge is -2.23. The summed E-state index contributed by atoms with van der Waals surface area (Å²) in [6.45, 7) is 8.72. The Morgan fingerprint density at radius 1 is 1.00 bits per heavy atom. The molecular weight excluding hydrogens is 312 g/mol. The van der Waals surface area contributed by atoms with Gasteiger partial charge in [0.25, 0.3) is 0 Å². The molecule has 106 valence electrons. The minimum absolute atomic E-state index is 0.0619. The van der Waals surface area contributed by atoms with Crippen molar-refractivity contribution in [2.24, 2.45) is 0 Å². The molecule has 2 heteroatoms. The number of aryl methyl sites for hydroxylation is 1. The van der Waals surface area contributed by atoms with Gasteiger partial charge in [-0.25, -0.2) is 0 Å². The third kappa shape index (κ3) is 3.43. The Hall–Kier alpha value is -1.28. The molecular formula is C18H21BrO. The highest BCUT2D eigenvalue weighted by Crippen LogP contribution is 2.36. The van der Waals surface area contributed by atoms with Gasteiger partial charge in [0.15, 0.2) is 0 Å². The highest BCUT2D eigenvalue weighted by Gasteiger charge is 2.19. The van der Waals surface area contributed by atoms with Gasteiger partial charge in [-0.05, 0) is 30.0 Å². The standard InChI is InChI=1S/C18H21BrO/c1-13-9-10-15(18(2,3)4)17(11-13)20-16-8-6-5-7-14(16)12-19/h5-11H,12H2,1-4H3. The van der Waals surface area contributed by atoms with E-state index in [0.717, 1.165) is 22.4 Å². The van der Waals surface area contributed by atoms with Gasteiger partial charge in [-0.1, -0.05) is 67.0 Å². The monoisotopic (exact) mass is 332 g/mol. The lowest BCUT2D eigenvalue weighted by molar-refractivity contribution is 0.452. The summed E-state index contributed by atoms with van der Waals surface area (Å²) in [7, 11) is 0. The van der Waals surface area contributed by atoms with E-state index in [1.54, 1.807) is 0 Å². The predicted octanol–water partition coefficient (Wildman–Crippen LogP) is 5.98. The summed E-state index contributed by atoms with van der Waals surface area (Å²) in [5.41, 5.74) is 3.66. The smallest absolute Gasteiger partial charge is 0.131 e. The molecule has 0 amide bonds. The fourth-order valence-corrected chi connectivity index (χ4v) is 2.63. The van der Waals surface area contributed by atoms with Crippen LogP contribution in [0.3, 0.4) is 0 Å². The van der Waals surface area contributed by atoms with E-state index >= 15 is 0 Å². The Morgan fingerprint density at radius 3 is 2.35 bits per heavy atom. The fraction of sp³-hybridized carbons (Fsp3) is 0.333. The van der Waals surface area contributed by atoms with Crippen LogP contribution >= 0.6 is 15.9 Å². The lowest BCUT2D eigenvalue weighted by atomic mass is 9.86. The van der Waals surface area contributed by atoms with E-state index in [9.17, 15) is 0 Å². The number of ether oxygens (including phenoxy) is 1. The summed E-state index contributed by atoms with van der Waals surface area (Å²) >= 11 is 3.51. The molecule has 0 unspecified atom stereocenters. The van der Waals surface area contributed by atoms with E-state index in [0.29, 0.717) is 0 Å². The van der Waals surface area contributed by atoms with Gasteiger partial charge < -0.3 is 4.74 Å². The number of halogens is 1. The molecule has 0 radical (unpaired) electrons. The van der Waals surface area contributed by atoms with Gasteiger partial charge in [-0.3, -0.25) is 0 Å². The fourth-order valence-electron chi connectivity index (χ4n) is 2.17. The number of rotatable bonds is 3. The minimum Gasteiger partial charge on any atom is -0.457 e. The van der Waals surface area contributed by atoms with Crippen LogP contribution in [0.2, 0.25) is 0 Å². The molecule has 0 fully saturated rings. The van der Waals surface area contributed by atoms with Crippen LogP contribution in [-0.4, -0.2) is 0 Å². The highest BCUT2D eigenvalue weighted by molar-refractivity contribution is 9.08. The Kier molecular flexibility index (Phi) is 4.54. The van der Waals surface area contributed by atoms with E-state index in [1.807, 2.05) is 18.2 Å². The molecule has 0 aliphatic rings. The van der Waals surface area contributed by atoms with E-state index in [2.05, 4.69) is 67.9 Å². The Labute approximate surface area is 130 Å². The first-order valence-corrected chi connectivity index (χ1v) is 7.97. The Morgan fingerprint density at radius 2 is 1.70 bits per heavy atom. The topological polar surface area (TPSA) is 9.23 Å². The summed E-state index contributed by atoms with van der Waals surface area (Å²) in [4.78, 5) is 0. The van der Waals surface area contributed by atoms with Crippen molar-refractivity contribution in [1.29, 1.82) is 0 Å². The van der Waals surface area contributed by atoms with Gasteiger partial charge in [0.1, 0.15) is 11.5 Å². The van der Waals surface area contributed by atoms with Crippen molar-refractivity contribution >= 4 is 15.9 Å². The van der Waals surface area contributed by atoms with Crippen LogP contribution < -0.4 is 4.74 Å². The zero-order valence-corrected chi connectivity index (χ0v) is 14.1. The van der Waals surface area contributed by atoms with Crippen molar-refractivity contribution in [3.05, 3.63) is 59.2 Å². The molecule has 0 aromatic heterocycles. The summed E-state index contributed by atoms with van der Waals surface area (Å²) in [5, 5.41) is 0.792. The molecule has 2 aromatic rings. The van der Waals surface area contributed by atoms with E-state index in [-0.39, 0.29) is 5.41 Å². The van der Waals surface area contributed by atoms with Crippen molar-refractivity contribution in [2.45, 2.75) is 38.4 Å². The number of benzene rings is 2. The first-order chi connectivity index (χ1) is 9.41. The number of para-hydroxylation sites is 1. The molecule has 2 aromatic carbocycles. The van der Waals surface area contributed by atoms with Crippen LogP contribution in [0.4, 0.5) is 0 Å². The quantitative estimate of drug-likeness (QED) is 0.628. The van der Waals surface area contributed by atoms with Gasteiger partial charge in [0.05, 0.1) is 0 Å². The van der Waals surface area contributed by atoms with Crippen LogP contribution in [0, 0.1) is 6.92 Å². The van der Waals surface area contributed by atoms with Gasteiger partial charge in [-0.15, -0.1) is 0 Å². The average Bonchev–Trinajstić information content (AvgIpc) is 2.38. The van der Waals surface area contributed by atoms with E-state index in [4.69, 9.17) is 4.74 Å². The zero-order chi connectivity index (χ0) is 14.8. The third-order valence-corrected chi connectivity index (χ3v) is 3.89. The largest absolute Gasteiger partial charge is 0.457 e. The van der Waals surface area contributed by atoms with Gasteiger partial charge in [0.2, 0.25) is 0 Å². The van der Waals surface area contributed by atoms with Crippen LogP contribution in [0.25, 0.3) is 0 Å². The molecule has 0 aliphatic heterocycles. The minimum atomic E-state index is 0.0619. The second-order valence-electron chi connectivity index (χ2n) is 6.09.